The van der Waals surface area contributed by atoms with Gasteiger partial charge in [0.05, 0.1) is 11.1 Å². The number of amides is 2. The number of aliphatic carboxylic acids is 1. The van der Waals surface area contributed by atoms with Crippen molar-refractivity contribution in [3.8, 4) is 0 Å². The van der Waals surface area contributed by atoms with E-state index in [-0.39, 0.29) is 12.4 Å². The average molecular weight is 394 g/mol. The second-order valence-corrected chi connectivity index (χ2v) is 5.81. The van der Waals surface area contributed by atoms with Gasteiger partial charge in [0.25, 0.3) is 0 Å². The number of halogens is 2. The minimum absolute atomic E-state index is 0.0163. The van der Waals surface area contributed by atoms with Gasteiger partial charge in [0.15, 0.2) is 0 Å². The maximum absolute atomic E-state index is 12.9. The summed E-state index contributed by atoms with van der Waals surface area (Å²) in [6.45, 7) is 3.33. The first-order chi connectivity index (χ1) is 9.28. The number of rotatable bonds is 5. The van der Waals surface area contributed by atoms with Gasteiger partial charge in [0.1, 0.15) is 5.82 Å². The number of benzene rings is 1. The average Bonchev–Trinajstić information content (AvgIpc) is 2.39. The fourth-order valence-electron chi connectivity index (χ4n) is 1.38. The van der Waals surface area contributed by atoms with Crippen molar-refractivity contribution in [1.29, 1.82) is 0 Å². The number of carbonyl (C=O) groups is 2. The number of urea groups is 1. The number of hydrogen-bond acceptors (Lipinski definition) is 2. The van der Waals surface area contributed by atoms with E-state index < -0.39 is 17.4 Å². The molecule has 0 heterocycles. The Balaban J connectivity index is 2.62. The topological polar surface area (TPSA) is 78.4 Å². The van der Waals surface area contributed by atoms with Gasteiger partial charge in [-0.25, -0.2) is 9.18 Å². The highest BCUT2D eigenvalue weighted by atomic mass is 127. The molecule has 0 aliphatic heterocycles. The third-order valence-electron chi connectivity index (χ3n) is 3.12. The fraction of sp³-hybridized carbons (Fsp3) is 0.385. The molecule has 1 rings (SSSR count). The van der Waals surface area contributed by atoms with E-state index in [4.69, 9.17) is 5.11 Å². The van der Waals surface area contributed by atoms with E-state index in [2.05, 4.69) is 10.6 Å². The number of carboxylic acids is 1. The molecule has 7 heteroatoms. The molecular formula is C13H16FIN2O3. The van der Waals surface area contributed by atoms with E-state index in [1.807, 2.05) is 22.6 Å². The predicted molar refractivity (Wildman–Crippen MR) is 82.2 cm³/mol. The Bertz CT molecular complexity index is 524. The highest BCUT2D eigenvalue weighted by Gasteiger charge is 2.31. The quantitative estimate of drug-likeness (QED) is 0.672. The lowest BCUT2D eigenvalue weighted by Crippen LogP contribution is -2.42. The van der Waals surface area contributed by atoms with Crippen LogP contribution in [0, 0.1) is 14.8 Å². The van der Waals surface area contributed by atoms with Crippen molar-refractivity contribution < 1.29 is 19.1 Å². The molecule has 3 N–H and O–H groups in total. The van der Waals surface area contributed by atoms with Crippen LogP contribution in [0.5, 0.6) is 0 Å². The van der Waals surface area contributed by atoms with Crippen LogP contribution in [0.25, 0.3) is 0 Å². The molecule has 20 heavy (non-hydrogen) atoms. The summed E-state index contributed by atoms with van der Waals surface area (Å²) in [5.41, 5.74) is -0.536. The van der Waals surface area contributed by atoms with E-state index in [1.54, 1.807) is 13.8 Å². The molecule has 1 aromatic rings. The molecule has 2 amide bonds. The normalized spacial score (nSPS) is 13.4. The largest absolute Gasteiger partial charge is 0.481 e. The molecule has 0 bridgehead atoms. The lowest BCUT2D eigenvalue weighted by atomic mass is 9.88. The molecule has 0 saturated heterocycles. The van der Waals surface area contributed by atoms with E-state index >= 15 is 0 Å². The fourth-order valence-corrected chi connectivity index (χ4v) is 2.00. The van der Waals surface area contributed by atoms with E-state index in [0.29, 0.717) is 15.7 Å². The summed E-state index contributed by atoms with van der Waals surface area (Å²) in [4.78, 5) is 22.8. The third kappa shape index (κ3) is 4.32. The van der Waals surface area contributed by atoms with Crippen LogP contribution < -0.4 is 10.6 Å². The number of nitrogens with one attached hydrogen (secondary N) is 2. The predicted octanol–water partition coefficient (Wildman–Crippen LogP) is 3.05. The summed E-state index contributed by atoms with van der Waals surface area (Å²) in [7, 11) is 0. The summed E-state index contributed by atoms with van der Waals surface area (Å²) >= 11 is 1.91. The molecule has 1 atom stereocenters. The SMILES string of the molecule is CCC(C)(CNC(=O)Nc1ccc(F)cc1I)C(=O)O. The Labute approximate surface area is 130 Å². The maximum atomic E-state index is 12.9. The van der Waals surface area contributed by atoms with Gasteiger partial charge in [0, 0.05) is 10.1 Å². The van der Waals surface area contributed by atoms with E-state index in [0.717, 1.165) is 0 Å². The monoisotopic (exact) mass is 394 g/mol. The van der Waals surface area contributed by atoms with Crippen LogP contribution in [0.2, 0.25) is 0 Å². The first-order valence-corrected chi connectivity index (χ1v) is 7.09. The van der Waals surface area contributed by atoms with Crippen LogP contribution in [0.3, 0.4) is 0 Å². The summed E-state index contributed by atoms with van der Waals surface area (Å²) < 4.78 is 13.5. The van der Waals surface area contributed by atoms with Gasteiger partial charge in [-0.3, -0.25) is 4.79 Å². The van der Waals surface area contributed by atoms with Crippen LogP contribution in [-0.2, 0) is 4.79 Å². The van der Waals surface area contributed by atoms with Crippen LogP contribution in [0.15, 0.2) is 18.2 Å². The molecule has 0 aliphatic rings. The van der Waals surface area contributed by atoms with Crippen molar-refractivity contribution in [3.63, 3.8) is 0 Å². The lowest BCUT2D eigenvalue weighted by molar-refractivity contribution is -0.147. The highest BCUT2D eigenvalue weighted by molar-refractivity contribution is 14.1. The third-order valence-corrected chi connectivity index (χ3v) is 4.01. The molecule has 0 aliphatic carbocycles. The first kappa shape index (κ1) is 16.7. The van der Waals surface area contributed by atoms with Crippen LogP contribution in [0.1, 0.15) is 20.3 Å². The Morgan fingerprint density at radius 1 is 1.45 bits per heavy atom. The molecule has 1 unspecified atom stereocenters. The minimum Gasteiger partial charge on any atom is -0.481 e. The zero-order valence-electron chi connectivity index (χ0n) is 11.2. The Kier molecular flexibility index (Phi) is 5.73. The Morgan fingerprint density at radius 2 is 2.10 bits per heavy atom. The number of hydrogen-bond donors (Lipinski definition) is 3. The Morgan fingerprint density at radius 3 is 2.60 bits per heavy atom. The van der Waals surface area contributed by atoms with Crippen molar-refractivity contribution in [2.24, 2.45) is 5.41 Å². The van der Waals surface area contributed by atoms with Crippen molar-refractivity contribution in [2.75, 3.05) is 11.9 Å². The van der Waals surface area contributed by atoms with Gasteiger partial charge < -0.3 is 15.7 Å². The van der Waals surface area contributed by atoms with Crippen molar-refractivity contribution in [2.45, 2.75) is 20.3 Å². The van der Waals surface area contributed by atoms with Crippen molar-refractivity contribution >= 4 is 40.3 Å². The molecule has 5 nitrogen and oxygen atoms in total. The molecule has 0 spiro atoms. The van der Waals surface area contributed by atoms with Gasteiger partial charge in [-0.1, -0.05) is 6.92 Å². The molecule has 0 aromatic heterocycles. The standard InChI is InChI=1S/C13H16FIN2O3/c1-3-13(2,11(18)19)7-16-12(20)17-10-5-4-8(14)6-9(10)15/h4-6H,3,7H2,1-2H3,(H,18,19)(H2,16,17,20). The van der Waals surface area contributed by atoms with Crippen molar-refractivity contribution in [3.05, 3.63) is 27.6 Å². The summed E-state index contributed by atoms with van der Waals surface area (Å²) in [5.74, 6) is -1.35. The second-order valence-electron chi connectivity index (χ2n) is 4.65. The maximum Gasteiger partial charge on any atom is 0.319 e. The first-order valence-electron chi connectivity index (χ1n) is 6.02. The minimum atomic E-state index is -1.01. The smallest absolute Gasteiger partial charge is 0.319 e. The summed E-state index contributed by atoms with van der Waals surface area (Å²) in [6.07, 6.45) is 0.400. The van der Waals surface area contributed by atoms with E-state index in [9.17, 15) is 14.0 Å². The van der Waals surface area contributed by atoms with Gasteiger partial charge in [-0.2, -0.15) is 0 Å². The molecule has 0 fully saturated rings. The zero-order valence-corrected chi connectivity index (χ0v) is 13.3. The van der Waals surface area contributed by atoms with Crippen LogP contribution >= 0.6 is 22.6 Å². The number of carbonyl (C=O) groups excluding carboxylic acids is 1. The van der Waals surface area contributed by atoms with E-state index in [1.165, 1.54) is 18.2 Å². The second kappa shape index (κ2) is 6.87. The zero-order chi connectivity index (χ0) is 15.3. The van der Waals surface area contributed by atoms with Crippen molar-refractivity contribution in [1.82, 2.24) is 5.32 Å². The molecular weight excluding hydrogens is 378 g/mol. The van der Waals surface area contributed by atoms with Crippen LogP contribution in [0.4, 0.5) is 14.9 Å². The number of anilines is 1. The molecule has 0 saturated carbocycles. The highest BCUT2D eigenvalue weighted by Crippen LogP contribution is 2.21. The lowest BCUT2D eigenvalue weighted by Gasteiger charge is -2.23. The molecule has 1 aromatic carbocycles. The summed E-state index contributed by atoms with van der Waals surface area (Å²) in [6, 6.07) is 3.47. The Hall–Kier alpha value is -1.38. The van der Waals surface area contributed by atoms with Gasteiger partial charge >= 0.3 is 12.0 Å². The van der Waals surface area contributed by atoms with Gasteiger partial charge in [0.2, 0.25) is 0 Å². The summed E-state index contributed by atoms with van der Waals surface area (Å²) in [5, 5.41) is 14.2. The molecule has 110 valence electrons. The molecule has 0 radical (unpaired) electrons. The number of carboxylic acid groups (broad SMARTS) is 1. The van der Waals surface area contributed by atoms with Gasteiger partial charge in [-0.15, -0.1) is 0 Å². The van der Waals surface area contributed by atoms with Gasteiger partial charge in [-0.05, 0) is 54.1 Å². The van der Waals surface area contributed by atoms with Crippen LogP contribution in [-0.4, -0.2) is 23.7 Å².